The zero-order valence-corrected chi connectivity index (χ0v) is 12.0. The van der Waals surface area contributed by atoms with Crippen molar-refractivity contribution in [3.8, 4) is 5.75 Å². The summed E-state index contributed by atoms with van der Waals surface area (Å²) in [6.07, 6.45) is 0. The molecule has 3 rings (SSSR count). The molecule has 3 heteroatoms. The molecule has 0 atom stereocenters. The van der Waals surface area contributed by atoms with Gasteiger partial charge in [0.25, 0.3) is 0 Å². The van der Waals surface area contributed by atoms with Crippen molar-refractivity contribution in [1.82, 2.24) is 4.98 Å². The standard InChI is InChI=1S/C18H18N2O/c1-2-19-18-15(13-21-16-9-4-3-5-10-16)12-14-8-6-7-11-17(14)20-18/h3-12H,2,13H2,1H3,(H,19,20). The topological polar surface area (TPSA) is 34.2 Å². The van der Waals surface area contributed by atoms with Gasteiger partial charge >= 0.3 is 0 Å². The van der Waals surface area contributed by atoms with Crippen LogP contribution < -0.4 is 10.1 Å². The van der Waals surface area contributed by atoms with Crippen molar-refractivity contribution < 1.29 is 4.74 Å². The summed E-state index contributed by atoms with van der Waals surface area (Å²) in [5.41, 5.74) is 2.07. The maximum atomic E-state index is 5.85. The van der Waals surface area contributed by atoms with Crippen molar-refractivity contribution >= 4 is 16.7 Å². The van der Waals surface area contributed by atoms with Crippen LogP contribution in [0, 0.1) is 0 Å². The third kappa shape index (κ3) is 3.14. The van der Waals surface area contributed by atoms with Crippen molar-refractivity contribution in [2.75, 3.05) is 11.9 Å². The van der Waals surface area contributed by atoms with E-state index in [2.05, 4.69) is 29.4 Å². The minimum absolute atomic E-state index is 0.504. The number of rotatable bonds is 5. The molecule has 0 spiro atoms. The maximum absolute atomic E-state index is 5.85. The third-order valence-corrected chi connectivity index (χ3v) is 3.28. The molecule has 0 radical (unpaired) electrons. The molecule has 0 aliphatic heterocycles. The molecule has 0 aliphatic rings. The van der Waals surface area contributed by atoms with Crippen molar-refractivity contribution in [2.24, 2.45) is 0 Å². The Morgan fingerprint density at radius 2 is 1.76 bits per heavy atom. The van der Waals surface area contributed by atoms with Gasteiger partial charge < -0.3 is 10.1 Å². The minimum atomic E-state index is 0.504. The summed E-state index contributed by atoms with van der Waals surface area (Å²) < 4.78 is 5.85. The lowest BCUT2D eigenvalue weighted by Crippen LogP contribution is -2.06. The Morgan fingerprint density at radius 3 is 2.57 bits per heavy atom. The molecule has 0 fully saturated rings. The smallest absolute Gasteiger partial charge is 0.133 e. The number of ether oxygens (including phenoxy) is 1. The minimum Gasteiger partial charge on any atom is -0.489 e. The molecule has 1 N–H and O–H groups in total. The van der Waals surface area contributed by atoms with Crippen LogP contribution >= 0.6 is 0 Å². The molecule has 0 aliphatic carbocycles. The first-order chi connectivity index (χ1) is 10.4. The molecule has 1 heterocycles. The lowest BCUT2D eigenvalue weighted by molar-refractivity contribution is 0.306. The Labute approximate surface area is 124 Å². The number of nitrogens with zero attached hydrogens (tertiary/aromatic N) is 1. The summed E-state index contributed by atoms with van der Waals surface area (Å²) in [6.45, 7) is 3.41. The van der Waals surface area contributed by atoms with Crippen molar-refractivity contribution in [2.45, 2.75) is 13.5 Å². The summed E-state index contributed by atoms with van der Waals surface area (Å²) in [4.78, 5) is 4.69. The fourth-order valence-electron chi connectivity index (χ4n) is 2.27. The lowest BCUT2D eigenvalue weighted by Gasteiger charge is -2.12. The number of fused-ring (bicyclic) bond motifs is 1. The van der Waals surface area contributed by atoms with Gasteiger partial charge in [0.1, 0.15) is 18.2 Å². The first-order valence-electron chi connectivity index (χ1n) is 7.17. The summed E-state index contributed by atoms with van der Waals surface area (Å²) in [5.74, 6) is 1.76. The number of para-hydroxylation sites is 2. The van der Waals surface area contributed by atoms with Crippen LogP contribution in [0.5, 0.6) is 5.75 Å². The van der Waals surface area contributed by atoms with E-state index in [1.54, 1.807) is 0 Å². The molecule has 0 amide bonds. The number of hydrogen-bond donors (Lipinski definition) is 1. The number of pyridine rings is 1. The summed E-state index contributed by atoms with van der Waals surface area (Å²) in [5, 5.41) is 4.44. The molecular formula is C18H18N2O. The van der Waals surface area contributed by atoms with Crippen LogP contribution in [-0.4, -0.2) is 11.5 Å². The van der Waals surface area contributed by atoms with Gasteiger partial charge in [0, 0.05) is 17.5 Å². The van der Waals surface area contributed by atoms with E-state index in [9.17, 15) is 0 Å². The quantitative estimate of drug-likeness (QED) is 0.757. The maximum Gasteiger partial charge on any atom is 0.133 e. The van der Waals surface area contributed by atoms with Gasteiger partial charge in [0.05, 0.1) is 5.52 Å². The van der Waals surface area contributed by atoms with Crippen LogP contribution in [0.3, 0.4) is 0 Å². The van der Waals surface area contributed by atoms with E-state index in [1.165, 1.54) is 0 Å². The average molecular weight is 278 g/mol. The molecule has 3 nitrogen and oxygen atoms in total. The summed E-state index contributed by atoms with van der Waals surface area (Å²) >= 11 is 0. The number of aromatic nitrogens is 1. The molecule has 0 saturated carbocycles. The molecule has 3 aromatic rings. The second-order valence-corrected chi connectivity index (χ2v) is 4.82. The van der Waals surface area contributed by atoms with Gasteiger partial charge in [-0.3, -0.25) is 0 Å². The molecule has 0 bridgehead atoms. The third-order valence-electron chi connectivity index (χ3n) is 3.28. The second-order valence-electron chi connectivity index (χ2n) is 4.82. The Hall–Kier alpha value is -2.55. The van der Waals surface area contributed by atoms with Gasteiger partial charge in [-0.25, -0.2) is 4.98 Å². The van der Waals surface area contributed by atoms with Crippen LogP contribution in [0.25, 0.3) is 10.9 Å². The van der Waals surface area contributed by atoms with Gasteiger partial charge in [-0.1, -0.05) is 36.4 Å². The number of hydrogen-bond acceptors (Lipinski definition) is 3. The Morgan fingerprint density at radius 1 is 1.00 bits per heavy atom. The first kappa shape index (κ1) is 13.4. The number of benzene rings is 2. The van der Waals surface area contributed by atoms with Crippen molar-refractivity contribution in [3.63, 3.8) is 0 Å². The number of nitrogens with one attached hydrogen (secondary N) is 1. The van der Waals surface area contributed by atoms with E-state index in [0.717, 1.165) is 34.6 Å². The molecule has 21 heavy (non-hydrogen) atoms. The highest BCUT2D eigenvalue weighted by atomic mass is 16.5. The van der Waals surface area contributed by atoms with Gasteiger partial charge in [-0.2, -0.15) is 0 Å². The predicted molar refractivity (Wildman–Crippen MR) is 86.7 cm³/mol. The SMILES string of the molecule is CCNc1nc2ccccc2cc1COc1ccccc1. The normalized spacial score (nSPS) is 10.5. The molecule has 1 aromatic heterocycles. The van der Waals surface area contributed by atoms with Crippen LogP contribution in [0.2, 0.25) is 0 Å². The number of anilines is 1. The van der Waals surface area contributed by atoms with Gasteiger partial charge in [-0.05, 0) is 31.2 Å². The van der Waals surface area contributed by atoms with Gasteiger partial charge in [-0.15, -0.1) is 0 Å². The first-order valence-corrected chi connectivity index (χ1v) is 7.17. The molecule has 106 valence electrons. The van der Waals surface area contributed by atoms with Gasteiger partial charge in [0.2, 0.25) is 0 Å². The van der Waals surface area contributed by atoms with E-state index in [-0.39, 0.29) is 0 Å². The van der Waals surface area contributed by atoms with E-state index in [0.29, 0.717) is 6.61 Å². The van der Waals surface area contributed by atoms with Crippen molar-refractivity contribution in [1.29, 1.82) is 0 Å². The molecule has 0 unspecified atom stereocenters. The highest BCUT2D eigenvalue weighted by Gasteiger charge is 2.07. The van der Waals surface area contributed by atoms with E-state index in [4.69, 9.17) is 4.74 Å². The monoisotopic (exact) mass is 278 g/mol. The molecule has 2 aromatic carbocycles. The fraction of sp³-hybridized carbons (Fsp3) is 0.167. The van der Waals surface area contributed by atoms with Crippen LogP contribution in [0.15, 0.2) is 60.7 Å². The van der Waals surface area contributed by atoms with E-state index in [1.807, 2.05) is 48.5 Å². The molecular weight excluding hydrogens is 260 g/mol. The highest BCUT2D eigenvalue weighted by molar-refractivity contribution is 5.81. The van der Waals surface area contributed by atoms with Crippen LogP contribution in [-0.2, 0) is 6.61 Å². The summed E-state index contributed by atoms with van der Waals surface area (Å²) in [7, 11) is 0. The zero-order chi connectivity index (χ0) is 14.5. The lowest BCUT2D eigenvalue weighted by atomic mass is 10.1. The second kappa shape index (κ2) is 6.27. The van der Waals surface area contributed by atoms with E-state index < -0.39 is 0 Å². The Kier molecular flexibility index (Phi) is 4.01. The van der Waals surface area contributed by atoms with Crippen molar-refractivity contribution in [3.05, 3.63) is 66.2 Å². The summed E-state index contributed by atoms with van der Waals surface area (Å²) in [6, 6.07) is 20.1. The fourth-order valence-corrected chi connectivity index (χ4v) is 2.27. The largest absolute Gasteiger partial charge is 0.489 e. The molecule has 0 saturated heterocycles. The van der Waals surface area contributed by atoms with E-state index >= 15 is 0 Å². The Bertz CT molecular complexity index is 726. The highest BCUT2D eigenvalue weighted by Crippen LogP contribution is 2.22. The van der Waals surface area contributed by atoms with Gasteiger partial charge in [0.15, 0.2) is 0 Å². The van der Waals surface area contributed by atoms with Crippen LogP contribution in [0.4, 0.5) is 5.82 Å². The average Bonchev–Trinajstić information content (AvgIpc) is 2.54. The predicted octanol–water partition coefficient (Wildman–Crippen LogP) is 4.25. The zero-order valence-electron chi connectivity index (χ0n) is 12.0. The Balaban J connectivity index is 1.90. The van der Waals surface area contributed by atoms with Crippen LogP contribution in [0.1, 0.15) is 12.5 Å².